The molecule has 0 atom stereocenters. The third-order valence-electron chi connectivity index (χ3n) is 4.92. The van der Waals surface area contributed by atoms with E-state index in [1.165, 1.54) is 4.90 Å². The molecule has 0 unspecified atom stereocenters. The minimum Gasteiger partial charge on any atom is -0.483 e. The Hall–Kier alpha value is -2.82. The summed E-state index contributed by atoms with van der Waals surface area (Å²) in [6.07, 6.45) is 0. The highest BCUT2D eigenvalue weighted by atomic mass is 16.5. The molecule has 2 aromatic carbocycles. The second-order valence-electron chi connectivity index (χ2n) is 7.51. The summed E-state index contributed by atoms with van der Waals surface area (Å²) < 4.78 is 5.72. The summed E-state index contributed by atoms with van der Waals surface area (Å²) in [4.78, 5) is 26.0. The molecule has 0 saturated heterocycles. The van der Waals surface area contributed by atoms with Crippen LogP contribution in [0.2, 0.25) is 0 Å². The number of nitrogens with zero attached hydrogens (tertiary/aromatic N) is 1. The fraction of sp³-hybridized carbons (Fsp3) is 0.391. The first-order chi connectivity index (χ1) is 13.2. The predicted octanol–water partition coefficient (Wildman–Crippen LogP) is 4.21. The van der Waals surface area contributed by atoms with E-state index < -0.39 is 0 Å². The standard InChI is InChI=1S/C23H30N2O3/c1-15(2)19-11-10-17(4)21(12-19)28-14-23(27)25(6)13-22(26)24-20-9-7-8-16(3)18(20)5/h7-12,15H,13-14H2,1-6H3,(H,24,26). The number of hydrogen-bond donors (Lipinski definition) is 1. The minimum atomic E-state index is -0.245. The third-order valence-corrected chi connectivity index (χ3v) is 4.92. The van der Waals surface area contributed by atoms with Gasteiger partial charge in [-0.3, -0.25) is 9.59 Å². The summed E-state index contributed by atoms with van der Waals surface area (Å²) in [5, 5.41) is 2.87. The number of carbonyl (C=O) groups excluding carboxylic acids is 2. The quantitative estimate of drug-likeness (QED) is 0.780. The zero-order chi connectivity index (χ0) is 20.8. The lowest BCUT2D eigenvalue weighted by molar-refractivity contribution is -0.135. The average molecular weight is 383 g/mol. The van der Waals surface area contributed by atoms with Crippen LogP contribution in [-0.4, -0.2) is 36.9 Å². The van der Waals surface area contributed by atoms with Gasteiger partial charge in [0.25, 0.3) is 5.91 Å². The van der Waals surface area contributed by atoms with Gasteiger partial charge in [-0.1, -0.05) is 38.1 Å². The molecule has 1 N–H and O–H groups in total. The Morgan fingerprint density at radius 1 is 1.07 bits per heavy atom. The minimum absolute atomic E-state index is 0.0272. The van der Waals surface area contributed by atoms with Crippen LogP contribution in [0.15, 0.2) is 36.4 Å². The van der Waals surface area contributed by atoms with E-state index in [1.807, 2.05) is 51.1 Å². The maximum Gasteiger partial charge on any atom is 0.260 e. The molecule has 0 bridgehead atoms. The molecule has 2 amide bonds. The van der Waals surface area contributed by atoms with Gasteiger partial charge in [-0.25, -0.2) is 0 Å². The predicted molar refractivity (Wildman–Crippen MR) is 113 cm³/mol. The number of nitrogens with one attached hydrogen (secondary N) is 1. The highest BCUT2D eigenvalue weighted by molar-refractivity contribution is 5.95. The smallest absolute Gasteiger partial charge is 0.260 e. The van der Waals surface area contributed by atoms with Crippen molar-refractivity contribution in [3.8, 4) is 5.75 Å². The molecule has 0 aliphatic carbocycles. The van der Waals surface area contributed by atoms with Crippen molar-refractivity contribution in [2.45, 2.75) is 40.5 Å². The van der Waals surface area contributed by atoms with Crippen molar-refractivity contribution in [1.82, 2.24) is 4.90 Å². The van der Waals surface area contributed by atoms with Crippen LogP contribution in [0.3, 0.4) is 0 Å². The zero-order valence-electron chi connectivity index (χ0n) is 17.6. The number of hydrogen-bond acceptors (Lipinski definition) is 3. The molecule has 0 aliphatic rings. The van der Waals surface area contributed by atoms with Gasteiger partial charge < -0.3 is 15.0 Å². The first kappa shape index (κ1) is 21.5. The van der Waals surface area contributed by atoms with Gasteiger partial charge in [0, 0.05) is 12.7 Å². The van der Waals surface area contributed by atoms with E-state index in [4.69, 9.17) is 4.74 Å². The molecule has 0 heterocycles. The Morgan fingerprint density at radius 3 is 2.46 bits per heavy atom. The summed E-state index contributed by atoms with van der Waals surface area (Å²) >= 11 is 0. The first-order valence-corrected chi connectivity index (χ1v) is 9.52. The van der Waals surface area contributed by atoms with E-state index in [-0.39, 0.29) is 25.0 Å². The van der Waals surface area contributed by atoms with Gasteiger partial charge >= 0.3 is 0 Å². The summed E-state index contributed by atoms with van der Waals surface area (Å²) in [7, 11) is 1.60. The van der Waals surface area contributed by atoms with Crippen LogP contribution in [0.4, 0.5) is 5.69 Å². The number of rotatable bonds is 7. The van der Waals surface area contributed by atoms with E-state index in [0.29, 0.717) is 11.7 Å². The van der Waals surface area contributed by atoms with Gasteiger partial charge in [0.15, 0.2) is 6.61 Å². The van der Waals surface area contributed by atoms with Crippen LogP contribution in [0, 0.1) is 20.8 Å². The highest BCUT2D eigenvalue weighted by Gasteiger charge is 2.15. The number of anilines is 1. The lowest BCUT2D eigenvalue weighted by atomic mass is 10.0. The zero-order valence-corrected chi connectivity index (χ0v) is 17.6. The summed E-state index contributed by atoms with van der Waals surface area (Å²) in [5.74, 6) is 0.607. The van der Waals surface area contributed by atoms with Crippen molar-refractivity contribution >= 4 is 17.5 Å². The summed E-state index contributed by atoms with van der Waals surface area (Å²) in [6, 6.07) is 11.8. The van der Waals surface area contributed by atoms with Crippen LogP contribution < -0.4 is 10.1 Å². The topological polar surface area (TPSA) is 58.6 Å². The number of aryl methyl sites for hydroxylation is 2. The summed E-state index contributed by atoms with van der Waals surface area (Å²) in [6.45, 7) is 10.0. The number of benzene rings is 2. The van der Waals surface area contributed by atoms with Crippen LogP contribution in [-0.2, 0) is 9.59 Å². The lowest BCUT2D eigenvalue weighted by Gasteiger charge is -2.19. The summed E-state index contributed by atoms with van der Waals surface area (Å²) in [5.41, 5.74) is 5.04. The molecule has 150 valence electrons. The monoisotopic (exact) mass is 382 g/mol. The molecule has 0 aromatic heterocycles. The SMILES string of the molecule is Cc1ccc(C(C)C)cc1OCC(=O)N(C)CC(=O)Nc1cccc(C)c1C. The molecule has 2 rings (SSSR count). The maximum atomic E-state index is 12.4. The molecule has 0 fully saturated rings. The molecular formula is C23H30N2O3. The van der Waals surface area contributed by atoms with Gasteiger partial charge in [0.2, 0.25) is 5.91 Å². The molecule has 0 spiro atoms. The Balaban J connectivity index is 1.91. The fourth-order valence-corrected chi connectivity index (χ4v) is 2.76. The van der Waals surface area contributed by atoms with Crippen LogP contribution >= 0.6 is 0 Å². The normalized spacial score (nSPS) is 10.7. The van der Waals surface area contributed by atoms with Gasteiger partial charge in [0.05, 0.1) is 6.54 Å². The second kappa shape index (κ2) is 9.40. The van der Waals surface area contributed by atoms with Gasteiger partial charge in [-0.05, 0) is 61.1 Å². The fourth-order valence-electron chi connectivity index (χ4n) is 2.76. The van der Waals surface area contributed by atoms with E-state index >= 15 is 0 Å². The molecular weight excluding hydrogens is 352 g/mol. The van der Waals surface area contributed by atoms with Crippen molar-refractivity contribution in [2.75, 3.05) is 25.5 Å². The molecule has 0 saturated carbocycles. The maximum absolute atomic E-state index is 12.4. The van der Waals surface area contributed by atoms with Crippen molar-refractivity contribution in [1.29, 1.82) is 0 Å². The van der Waals surface area contributed by atoms with E-state index in [9.17, 15) is 9.59 Å². The molecule has 0 aliphatic heterocycles. The number of ether oxygens (including phenoxy) is 1. The number of carbonyl (C=O) groups is 2. The number of likely N-dealkylation sites (N-methyl/N-ethyl adjacent to an activating group) is 1. The molecule has 0 radical (unpaired) electrons. The molecule has 5 nitrogen and oxygen atoms in total. The van der Waals surface area contributed by atoms with Crippen LogP contribution in [0.1, 0.15) is 42.0 Å². The first-order valence-electron chi connectivity index (χ1n) is 9.52. The van der Waals surface area contributed by atoms with Crippen molar-refractivity contribution in [3.63, 3.8) is 0 Å². The average Bonchev–Trinajstić information content (AvgIpc) is 2.64. The van der Waals surface area contributed by atoms with Gasteiger partial charge in [0.1, 0.15) is 5.75 Å². The van der Waals surface area contributed by atoms with Crippen molar-refractivity contribution in [2.24, 2.45) is 0 Å². The Kier molecular flexibility index (Phi) is 7.21. The Morgan fingerprint density at radius 2 is 1.79 bits per heavy atom. The van der Waals surface area contributed by atoms with Crippen LogP contribution in [0.25, 0.3) is 0 Å². The van der Waals surface area contributed by atoms with Gasteiger partial charge in [-0.15, -0.1) is 0 Å². The van der Waals surface area contributed by atoms with Gasteiger partial charge in [-0.2, -0.15) is 0 Å². The largest absolute Gasteiger partial charge is 0.483 e. The molecule has 2 aromatic rings. The van der Waals surface area contributed by atoms with E-state index in [1.54, 1.807) is 7.05 Å². The van der Waals surface area contributed by atoms with Crippen molar-refractivity contribution < 1.29 is 14.3 Å². The molecule has 28 heavy (non-hydrogen) atoms. The van der Waals surface area contributed by atoms with Crippen LogP contribution in [0.5, 0.6) is 5.75 Å². The highest BCUT2D eigenvalue weighted by Crippen LogP contribution is 2.24. The lowest BCUT2D eigenvalue weighted by Crippen LogP contribution is -2.37. The third kappa shape index (κ3) is 5.59. The molecule has 5 heteroatoms. The van der Waals surface area contributed by atoms with E-state index in [0.717, 1.165) is 27.9 Å². The number of amides is 2. The Bertz CT molecular complexity index is 859. The Labute approximate surface area is 167 Å². The van der Waals surface area contributed by atoms with Crippen molar-refractivity contribution in [3.05, 3.63) is 58.7 Å². The second-order valence-corrected chi connectivity index (χ2v) is 7.51. The van der Waals surface area contributed by atoms with E-state index in [2.05, 4.69) is 25.2 Å².